The van der Waals surface area contributed by atoms with Crippen LogP contribution in [-0.2, 0) is 0 Å². The Balaban J connectivity index is 2.39. The van der Waals surface area contributed by atoms with E-state index in [9.17, 15) is 4.39 Å². The first-order valence-corrected chi connectivity index (χ1v) is 5.63. The van der Waals surface area contributed by atoms with E-state index in [0.717, 1.165) is 0 Å². The first-order chi connectivity index (χ1) is 9.13. The van der Waals surface area contributed by atoms with E-state index in [0.29, 0.717) is 23.1 Å². The van der Waals surface area contributed by atoms with Gasteiger partial charge in [0.05, 0.1) is 5.69 Å². The molecule has 1 aromatic carbocycles. The van der Waals surface area contributed by atoms with Gasteiger partial charge in [0.1, 0.15) is 34.9 Å². The van der Waals surface area contributed by atoms with E-state index in [1.165, 1.54) is 12.1 Å². The van der Waals surface area contributed by atoms with Crippen molar-refractivity contribution in [3.8, 4) is 6.07 Å². The molecule has 0 saturated heterocycles. The molecule has 0 spiro atoms. The zero-order chi connectivity index (χ0) is 13.8. The maximum Gasteiger partial charge on any atom is 0.143 e. The quantitative estimate of drug-likeness (QED) is 0.884. The molecule has 0 bridgehead atoms. The van der Waals surface area contributed by atoms with Gasteiger partial charge in [-0.2, -0.15) is 5.26 Å². The van der Waals surface area contributed by atoms with Crippen LogP contribution in [0.15, 0.2) is 24.3 Å². The predicted octanol–water partition coefficient (Wildman–Crippen LogP) is 2.58. The molecule has 96 valence electrons. The lowest BCUT2D eigenvalue weighted by Crippen LogP contribution is -2.02. The Morgan fingerprint density at radius 3 is 2.68 bits per heavy atom. The molecular formula is C13H12FN5. The Hall–Kier alpha value is -2.68. The van der Waals surface area contributed by atoms with Crippen LogP contribution < -0.4 is 10.6 Å². The summed E-state index contributed by atoms with van der Waals surface area (Å²) in [4.78, 5) is 8.34. The molecule has 2 rings (SSSR count). The van der Waals surface area contributed by atoms with E-state index in [4.69, 9.17) is 5.26 Å². The number of anilines is 3. The highest BCUT2D eigenvalue weighted by atomic mass is 19.1. The van der Waals surface area contributed by atoms with E-state index < -0.39 is 5.82 Å². The van der Waals surface area contributed by atoms with Crippen LogP contribution in [0.25, 0.3) is 0 Å². The minimum Gasteiger partial charge on any atom is -0.373 e. The van der Waals surface area contributed by atoms with Gasteiger partial charge in [-0.1, -0.05) is 6.07 Å². The van der Waals surface area contributed by atoms with Crippen LogP contribution in [0.4, 0.5) is 21.7 Å². The largest absolute Gasteiger partial charge is 0.373 e. The van der Waals surface area contributed by atoms with Gasteiger partial charge >= 0.3 is 0 Å². The second-order valence-electron chi connectivity index (χ2n) is 3.83. The van der Waals surface area contributed by atoms with Crippen molar-refractivity contribution in [3.63, 3.8) is 0 Å². The van der Waals surface area contributed by atoms with Gasteiger partial charge in [0.2, 0.25) is 0 Å². The molecule has 0 aliphatic heterocycles. The Bertz CT molecular complexity index is 648. The Kier molecular flexibility index (Phi) is 3.57. The lowest BCUT2D eigenvalue weighted by Gasteiger charge is -2.09. The summed E-state index contributed by atoms with van der Waals surface area (Å²) in [6.07, 6.45) is 0. The van der Waals surface area contributed by atoms with Crippen molar-refractivity contribution in [2.24, 2.45) is 0 Å². The lowest BCUT2D eigenvalue weighted by atomic mass is 10.2. The van der Waals surface area contributed by atoms with Gasteiger partial charge < -0.3 is 10.6 Å². The van der Waals surface area contributed by atoms with E-state index in [-0.39, 0.29) is 5.56 Å². The Morgan fingerprint density at radius 2 is 2.00 bits per heavy atom. The second kappa shape index (κ2) is 5.31. The highest BCUT2D eigenvalue weighted by Gasteiger charge is 2.09. The molecule has 0 saturated carbocycles. The normalized spacial score (nSPS) is 9.79. The van der Waals surface area contributed by atoms with E-state index in [2.05, 4.69) is 20.6 Å². The second-order valence-corrected chi connectivity index (χ2v) is 3.83. The minimum absolute atomic E-state index is 0.0372. The van der Waals surface area contributed by atoms with Gasteiger partial charge in [-0.15, -0.1) is 0 Å². The fourth-order valence-corrected chi connectivity index (χ4v) is 1.64. The summed E-state index contributed by atoms with van der Waals surface area (Å²) >= 11 is 0. The third-order valence-electron chi connectivity index (χ3n) is 2.48. The first-order valence-electron chi connectivity index (χ1n) is 5.63. The number of hydrogen-bond acceptors (Lipinski definition) is 5. The zero-order valence-electron chi connectivity index (χ0n) is 10.5. The molecule has 0 aliphatic carbocycles. The number of benzene rings is 1. The van der Waals surface area contributed by atoms with Crippen LogP contribution >= 0.6 is 0 Å². The lowest BCUT2D eigenvalue weighted by molar-refractivity contribution is 0.624. The van der Waals surface area contributed by atoms with Crippen molar-refractivity contribution in [2.75, 3.05) is 17.7 Å². The fraction of sp³-hybridized carbons (Fsp3) is 0.154. The maximum absolute atomic E-state index is 13.5. The van der Waals surface area contributed by atoms with Gasteiger partial charge in [-0.05, 0) is 19.1 Å². The molecule has 0 radical (unpaired) electrons. The van der Waals surface area contributed by atoms with Gasteiger partial charge in [0, 0.05) is 13.1 Å². The summed E-state index contributed by atoms with van der Waals surface area (Å²) in [5.74, 6) is 1.15. The molecule has 2 aromatic rings. The zero-order valence-corrected chi connectivity index (χ0v) is 10.5. The van der Waals surface area contributed by atoms with Gasteiger partial charge in [-0.3, -0.25) is 0 Å². The molecule has 0 atom stereocenters. The number of nitrogens with one attached hydrogen (secondary N) is 2. The third-order valence-corrected chi connectivity index (χ3v) is 2.48. The molecule has 0 aliphatic rings. The number of nitrogens with zero attached hydrogens (tertiary/aromatic N) is 3. The van der Waals surface area contributed by atoms with E-state index in [1.54, 1.807) is 26.1 Å². The van der Waals surface area contributed by atoms with Gasteiger partial charge in [0.25, 0.3) is 0 Å². The average molecular weight is 257 g/mol. The molecule has 1 heterocycles. The molecule has 0 unspecified atom stereocenters. The van der Waals surface area contributed by atoms with E-state index >= 15 is 0 Å². The molecule has 0 fully saturated rings. The van der Waals surface area contributed by atoms with Crippen LogP contribution in [0.5, 0.6) is 0 Å². The van der Waals surface area contributed by atoms with Crippen LogP contribution in [0.2, 0.25) is 0 Å². The van der Waals surface area contributed by atoms with Crippen molar-refractivity contribution >= 4 is 17.3 Å². The molecule has 6 heteroatoms. The monoisotopic (exact) mass is 257 g/mol. The highest BCUT2D eigenvalue weighted by molar-refractivity contribution is 5.66. The van der Waals surface area contributed by atoms with Crippen molar-refractivity contribution in [3.05, 3.63) is 41.5 Å². The number of aryl methyl sites for hydroxylation is 1. The predicted molar refractivity (Wildman–Crippen MR) is 70.7 cm³/mol. The number of halogens is 1. The number of rotatable bonds is 3. The summed E-state index contributed by atoms with van der Waals surface area (Å²) in [5.41, 5.74) is 0.340. The van der Waals surface area contributed by atoms with Crippen LogP contribution in [0.3, 0.4) is 0 Å². The fourth-order valence-electron chi connectivity index (χ4n) is 1.64. The van der Waals surface area contributed by atoms with Gasteiger partial charge in [-0.25, -0.2) is 14.4 Å². The third kappa shape index (κ3) is 2.77. The standard InChI is InChI=1S/C13H12FN5/c1-8-17-12(16-2)6-13(18-8)19-11-5-3-4-10(14)9(11)7-15/h3-6H,1-2H3,(H2,16,17,18,19). The topological polar surface area (TPSA) is 73.6 Å². The van der Waals surface area contributed by atoms with Crippen molar-refractivity contribution in [1.82, 2.24) is 9.97 Å². The summed E-state index contributed by atoms with van der Waals surface area (Å²) in [6, 6.07) is 7.91. The van der Waals surface area contributed by atoms with Crippen LogP contribution in [-0.4, -0.2) is 17.0 Å². The van der Waals surface area contributed by atoms with Gasteiger partial charge in [0.15, 0.2) is 0 Å². The summed E-state index contributed by atoms with van der Waals surface area (Å²) < 4.78 is 13.5. The number of aromatic nitrogens is 2. The van der Waals surface area contributed by atoms with E-state index in [1.807, 2.05) is 6.07 Å². The van der Waals surface area contributed by atoms with Crippen LogP contribution in [0, 0.1) is 24.1 Å². The average Bonchev–Trinajstić information content (AvgIpc) is 2.38. The minimum atomic E-state index is -0.563. The van der Waals surface area contributed by atoms with Crippen molar-refractivity contribution in [1.29, 1.82) is 5.26 Å². The Morgan fingerprint density at radius 1 is 1.26 bits per heavy atom. The SMILES string of the molecule is CNc1cc(Nc2cccc(F)c2C#N)nc(C)n1. The smallest absolute Gasteiger partial charge is 0.143 e. The molecule has 0 amide bonds. The Labute approximate surface area is 110 Å². The van der Waals surface area contributed by atoms with Crippen molar-refractivity contribution < 1.29 is 4.39 Å². The molecular weight excluding hydrogens is 245 g/mol. The summed E-state index contributed by atoms with van der Waals surface area (Å²) in [6.45, 7) is 1.75. The van der Waals surface area contributed by atoms with Crippen LogP contribution in [0.1, 0.15) is 11.4 Å². The highest BCUT2D eigenvalue weighted by Crippen LogP contribution is 2.22. The number of nitriles is 1. The molecule has 5 nitrogen and oxygen atoms in total. The summed E-state index contributed by atoms with van der Waals surface area (Å²) in [7, 11) is 1.74. The summed E-state index contributed by atoms with van der Waals surface area (Å²) in [5, 5.41) is 14.8. The first kappa shape index (κ1) is 12.8. The molecule has 2 N–H and O–H groups in total. The maximum atomic E-state index is 13.5. The molecule has 19 heavy (non-hydrogen) atoms. The van der Waals surface area contributed by atoms with Crippen molar-refractivity contribution in [2.45, 2.75) is 6.92 Å². The number of hydrogen-bond donors (Lipinski definition) is 2. The molecule has 1 aromatic heterocycles.